The molecule has 2 heterocycles. The van der Waals surface area contributed by atoms with Crippen LogP contribution in [0.25, 0.3) is 0 Å². The molecule has 8 heteroatoms. The van der Waals surface area contributed by atoms with Crippen LogP contribution in [0.2, 0.25) is 0 Å². The maximum Gasteiger partial charge on any atom is 0.451 e. The van der Waals surface area contributed by atoms with Crippen LogP contribution in [0.1, 0.15) is 29.9 Å². The summed E-state index contributed by atoms with van der Waals surface area (Å²) in [6.07, 6.45) is -2.78. The highest BCUT2D eigenvalue weighted by Crippen LogP contribution is 2.35. The Morgan fingerprint density at radius 1 is 1.21 bits per heavy atom. The standard InChI is InChI=1S/C16H16F4N2O2/c17-12-3-1-2-11(8-12)15(4-6-23-7-5-15)22-9-13-14(16(18,19)20)24-10-21-13/h1-3,8,10,22H,4-7,9H2. The lowest BCUT2D eigenvalue weighted by molar-refractivity contribution is -0.153. The molecule has 0 atom stereocenters. The normalized spacial score (nSPS) is 17.8. The number of hydrogen-bond donors (Lipinski definition) is 1. The van der Waals surface area contributed by atoms with E-state index in [2.05, 4.69) is 14.7 Å². The summed E-state index contributed by atoms with van der Waals surface area (Å²) in [6.45, 7) is 0.741. The molecule has 1 aliphatic rings. The first kappa shape index (κ1) is 16.9. The third-order valence-electron chi connectivity index (χ3n) is 4.22. The van der Waals surface area contributed by atoms with Gasteiger partial charge in [-0.1, -0.05) is 12.1 Å². The van der Waals surface area contributed by atoms with Crippen LogP contribution >= 0.6 is 0 Å². The molecule has 0 amide bonds. The highest BCUT2D eigenvalue weighted by molar-refractivity contribution is 5.26. The molecule has 1 fully saturated rings. The molecular weight excluding hydrogens is 328 g/mol. The lowest BCUT2D eigenvalue weighted by atomic mass is 9.82. The zero-order valence-corrected chi connectivity index (χ0v) is 12.7. The first-order valence-electron chi connectivity index (χ1n) is 7.49. The van der Waals surface area contributed by atoms with Gasteiger partial charge in [0, 0.05) is 25.3 Å². The Hall–Kier alpha value is -1.93. The van der Waals surface area contributed by atoms with Crippen LogP contribution in [-0.2, 0) is 23.0 Å². The molecule has 130 valence electrons. The van der Waals surface area contributed by atoms with Crippen molar-refractivity contribution in [2.45, 2.75) is 31.1 Å². The summed E-state index contributed by atoms with van der Waals surface area (Å²) in [5, 5.41) is 3.12. The van der Waals surface area contributed by atoms with Crippen molar-refractivity contribution in [3.63, 3.8) is 0 Å². The van der Waals surface area contributed by atoms with E-state index in [0.717, 1.165) is 6.39 Å². The minimum Gasteiger partial charge on any atom is -0.439 e. The molecule has 0 bridgehead atoms. The molecule has 0 radical (unpaired) electrons. The van der Waals surface area contributed by atoms with Crippen molar-refractivity contribution < 1.29 is 26.7 Å². The summed E-state index contributed by atoms with van der Waals surface area (Å²) in [5.41, 5.74) is -0.199. The zero-order chi connectivity index (χ0) is 17.2. The van der Waals surface area contributed by atoms with Gasteiger partial charge in [-0.05, 0) is 30.5 Å². The summed E-state index contributed by atoms with van der Waals surface area (Å²) >= 11 is 0. The number of aromatic nitrogens is 1. The Morgan fingerprint density at radius 3 is 2.62 bits per heavy atom. The maximum atomic E-state index is 13.6. The second-order valence-electron chi connectivity index (χ2n) is 5.68. The van der Waals surface area contributed by atoms with Crippen molar-refractivity contribution in [3.8, 4) is 0 Å². The fraction of sp³-hybridized carbons (Fsp3) is 0.438. The number of benzene rings is 1. The summed E-state index contributed by atoms with van der Waals surface area (Å²) in [5.74, 6) is -1.51. The van der Waals surface area contributed by atoms with Gasteiger partial charge in [0.15, 0.2) is 6.39 Å². The minimum atomic E-state index is -4.60. The number of ether oxygens (including phenoxy) is 1. The van der Waals surface area contributed by atoms with Crippen LogP contribution in [-0.4, -0.2) is 18.2 Å². The van der Waals surface area contributed by atoms with E-state index in [1.165, 1.54) is 12.1 Å². The fourth-order valence-electron chi connectivity index (χ4n) is 2.95. The Bertz CT molecular complexity index is 693. The third kappa shape index (κ3) is 3.44. The van der Waals surface area contributed by atoms with Gasteiger partial charge in [0.2, 0.25) is 5.76 Å². The first-order chi connectivity index (χ1) is 11.4. The van der Waals surface area contributed by atoms with Crippen molar-refractivity contribution in [1.29, 1.82) is 0 Å². The van der Waals surface area contributed by atoms with Crippen LogP contribution in [0.3, 0.4) is 0 Å². The number of oxazole rings is 1. The van der Waals surface area contributed by atoms with Crippen molar-refractivity contribution in [3.05, 3.63) is 53.5 Å². The van der Waals surface area contributed by atoms with E-state index in [-0.39, 0.29) is 12.2 Å². The maximum absolute atomic E-state index is 13.6. The molecule has 1 saturated heterocycles. The fourth-order valence-corrected chi connectivity index (χ4v) is 2.95. The smallest absolute Gasteiger partial charge is 0.439 e. The predicted molar refractivity (Wildman–Crippen MR) is 76.5 cm³/mol. The monoisotopic (exact) mass is 344 g/mol. The van der Waals surface area contributed by atoms with Crippen molar-refractivity contribution in [2.24, 2.45) is 0 Å². The van der Waals surface area contributed by atoms with Gasteiger partial charge in [0.25, 0.3) is 0 Å². The van der Waals surface area contributed by atoms with E-state index in [1.54, 1.807) is 12.1 Å². The molecule has 24 heavy (non-hydrogen) atoms. The molecule has 1 N–H and O–H groups in total. The van der Waals surface area contributed by atoms with Crippen molar-refractivity contribution >= 4 is 0 Å². The van der Waals surface area contributed by atoms with Crippen molar-refractivity contribution in [1.82, 2.24) is 10.3 Å². The van der Waals surface area contributed by atoms with Crippen LogP contribution in [0, 0.1) is 5.82 Å². The summed E-state index contributed by atoms with van der Waals surface area (Å²) < 4.78 is 62.1. The van der Waals surface area contributed by atoms with E-state index < -0.39 is 23.3 Å². The summed E-state index contributed by atoms with van der Waals surface area (Å²) in [6, 6.07) is 6.07. The van der Waals surface area contributed by atoms with Gasteiger partial charge in [-0.25, -0.2) is 9.37 Å². The second-order valence-corrected chi connectivity index (χ2v) is 5.68. The molecule has 0 unspecified atom stereocenters. The Balaban J connectivity index is 1.85. The Morgan fingerprint density at radius 2 is 1.96 bits per heavy atom. The molecule has 0 spiro atoms. The van der Waals surface area contributed by atoms with Crippen molar-refractivity contribution in [2.75, 3.05) is 13.2 Å². The minimum absolute atomic E-state index is 0.137. The second kappa shape index (κ2) is 6.52. The van der Waals surface area contributed by atoms with E-state index in [0.29, 0.717) is 31.6 Å². The SMILES string of the molecule is Fc1cccc(C2(NCc3ncoc3C(F)(F)F)CCOCC2)c1. The average Bonchev–Trinajstić information content (AvgIpc) is 3.03. The molecule has 3 rings (SSSR count). The molecule has 1 aromatic heterocycles. The van der Waals surface area contributed by atoms with Gasteiger partial charge in [-0.3, -0.25) is 0 Å². The Labute approximate surface area is 135 Å². The van der Waals surface area contributed by atoms with Gasteiger partial charge >= 0.3 is 6.18 Å². The number of rotatable bonds is 4. The number of hydrogen-bond acceptors (Lipinski definition) is 4. The van der Waals surface area contributed by atoms with Crippen LogP contribution in [0.5, 0.6) is 0 Å². The van der Waals surface area contributed by atoms with Crippen LogP contribution in [0.15, 0.2) is 35.1 Å². The number of halogens is 4. The zero-order valence-electron chi connectivity index (χ0n) is 12.7. The Kier molecular flexibility index (Phi) is 4.60. The highest BCUT2D eigenvalue weighted by atomic mass is 19.4. The first-order valence-corrected chi connectivity index (χ1v) is 7.49. The molecule has 0 saturated carbocycles. The largest absolute Gasteiger partial charge is 0.451 e. The topological polar surface area (TPSA) is 47.3 Å². The van der Waals surface area contributed by atoms with Crippen LogP contribution in [0.4, 0.5) is 17.6 Å². The molecule has 1 aliphatic heterocycles. The van der Waals surface area contributed by atoms with Gasteiger partial charge in [0.05, 0.1) is 0 Å². The molecule has 0 aliphatic carbocycles. The number of nitrogens with one attached hydrogen (secondary N) is 1. The van der Waals surface area contributed by atoms with E-state index in [9.17, 15) is 17.6 Å². The quantitative estimate of drug-likeness (QED) is 0.861. The van der Waals surface area contributed by atoms with Gasteiger partial charge in [-0.15, -0.1) is 0 Å². The van der Waals surface area contributed by atoms with Gasteiger partial charge in [0.1, 0.15) is 11.5 Å². The van der Waals surface area contributed by atoms with Gasteiger partial charge in [-0.2, -0.15) is 13.2 Å². The highest BCUT2D eigenvalue weighted by Gasteiger charge is 2.40. The lowest BCUT2D eigenvalue weighted by Crippen LogP contribution is -2.46. The van der Waals surface area contributed by atoms with Crippen LogP contribution < -0.4 is 5.32 Å². The average molecular weight is 344 g/mol. The molecule has 1 aromatic carbocycles. The number of alkyl halides is 3. The van der Waals surface area contributed by atoms with Gasteiger partial charge < -0.3 is 14.5 Å². The molecule has 4 nitrogen and oxygen atoms in total. The molecular formula is C16H16F4N2O2. The van der Waals surface area contributed by atoms with E-state index >= 15 is 0 Å². The van der Waals surface area contributed by atoms with E-state index in [1.807, 2.05) is 0 Å². The number of nitrogens with zero attached hydrogens (tertiary/aromatic N) is 1. The lowest BCUT2D eigenvalue weighted by Gasteiger charge is -2.38. The molecule has 2 aromatic rings. The summed E-state index contributed by atoms with van der Waals surface area (Å²) in [4.78, 5) is 3.65. The van der Waals surface area contributed by atoms with E-state index in [4.69, 9.17) is 4.74 Å². The predicted octanol–water partition coefficient (Wildman–Crippen LogP) is 3.63. The summed E-state index contributed by atoms with van der Waals surface area (Å²) in [7, 11) is 0. The third-order valence-corrected chi connectivity index (χ3v) is 4.22.